The van der Waals surface area contributed by atoms with Crippen molar-refractivity contribution in [2.75, 3.05) is 17.7 Å². The van der Waals surface area contributed by atoms with Gasteiger partial charge in [-0.15, -0.1) is 12.4 Å². The van der Waals surface area contributed by atoms with Crippen LogP contribution in [-0.2, 0) is 11.3 Å². The molecular weight excluding hydrogens is 470 g/mol. The van der Waals surface area contributed by atoms with Gasteiger partial charge < -0.3 is 20.3 Å². The summed E-state index contributed by atoms with van der Waals surface area (Å²) in [6, 6.07) is 8.94. The number of nitrogens with zero attached hydrogens (tertiary/aromatic N) is 1. The first-order chi connectivity index (χ1) is 16.3. The van der Waals surface area contributed by atoms with E-state index in [0.29, 0.717) is 30.6 Å². The molecule has 0 unspecified atom stereocenters. The number of anilines is 2. The Hall–Kier alpha value is -3.30. The first-order valence-corrected chi connectivity index (χ1v) is 11.5. The number of carbonyl (C=O) groups is 3. The van der Waals surface area contributed by atoms with Crippen molar-refractivity contribution in [1.82, 2.24) is 10.3 Å². The van der Waals surface area contributed by atoms with Crippen LogP contribution >= 0.6 is 12.4 Å². The smallest absolute Gasteiger partial charge is 0.322 e. The maximum absolute atomic E-state index is 12.9. The molecular formula is C25H32ClN5O4. The number of amides is 4. The van der Waals surface area contributed by atoms with E-state index in [1.807, 2.05) is 36.9 Å². The lowest BCUT2D eigenvalue weighted by Crippen LogP contribution is -2.47. The molecule has 35 heavy (non-hydrogen) atoms. The Kier molecular flexibility index (Phi) is 8.24. The second kappa shape index (κ2) is 11.0. The van der Waals surface area contributed by atoms with E-state index in [1.165, 1.54) is 0 Å². The number of hydrazine groups is 1. The lowest BCUT2D eigenvalue weighted by molar-refractivity contribution is -0.121. The topological polar surface area (TPSA) is 126 Å². The van der Waals surface area contributed by atoms with Crippen molar-refractivity contribution >= 4 is 41.6 Å². The van der Waals surface area contributed by atoms with Gasteiger partial charge >= 0.3 is 6.03 Å². The third-order valence-electron chi connectivity index (χ3n) is 6.88. The number of halogens is 1. The van der Waals surface area contributed by atoms with Crippen molar-refractivity contribution in [2.24, 2.45) is 11.8 Å². The Labute approximate surface area is 211 Å². The number of hydrogen-bond acceptors (Lipinski definition) is 5. The van der Waals surface area contributed by atoms with Crippen molar-refractivity contribution < 1.29 is 19.1 Å². The van der Waals surface area contributed by atoms with Gasteiger partial charge in [-0.05, 0) is 74.4 Å². The maximum atomic E-state index is 12.9. The fourth-order valence-corrected chi connectivity index (χ4v) is 4.87. The van der Waals surface area contributed by atoms with E-state index in [-0.39, 0.29) is 36.3 Å². The molecule has 0 radical (unpaired) electrons. The highest BCUT2D eigenvalue weighted by Gasteiger charge is 2.34. The molecule has 2 aromatic carbocycles. The Morgan fingerprint density at radius 1 is 1.09 bits per heavy atom. The predicted octanol–water partition coefficient (Wildman–Crippen LogP) is 3.88. The van der Waals surface area contributed by atoms with E-state index in [2.05, 4.69) is 16.1 Å². The van der Waals surface area contributed by atoms with Crippen LogP contribution in [0.25, 0.3) is 0 Å². The van der Waals surface area contributed by atoms with Crippen LogP contribution in [-0.4, -0.2) is 35.9 Å². The van der Waals surface area contributed by atoms with E-state index >= 15 is 0 Å². The number of methoxy groups -OCH3 is 1. The number of hydrogen-bond donors (Lipinski definition) is 4. The molecule has 5 N–H and O–H groups in total. The fourth-order valence-electron chi connectivity index (χ4n) is 4.87. The summed E-state index contributed by atoms with van der Waals surface area (Å²) >= 11 is 0. The van der Waals surface area contributed by atoms with E-state index in [9.17, 15) is 14.4 Å². The van der Waals surface area contributed by atoms with Gasteiger partial charge in [0.05, 0.1) is 13.7 Å². The first-order valence-electron chi connectivity index (χ1n) is 11.5. The first kappa shape index (κ1) is 26.3. The van der Waals surface area contributed by atoms with Gasteiger partial charge in [0.25, 0.3) is 5.91 Å². The zero-order valence-electron chi connectivity index (χ0n) is 20.1. The molecule has 10 heteroatoms. The maximum Gasteiger partial charge on any atom is 0.322 e. The Morgan fingerprint density at radius 2 is 1.80 bits per heavy atom. The number of aryl methyl sites for hydroxylation is 2. The molecule has 1 fully saturated rings. The monoisotopic (exact) mass is 501 g/mol. The standard InChI is InChI=1S/C25H31N5O4.ClH/c1-14-4-7-18(12-22(14)34-3)27-23(31)16-5-8-19(9-6-16)30-13-20-15(2)10-17(24(32)29-26)11-21(20)28-25(30)33;/h4,7,10-12,16,19H,5-6,8-9,13,26H2,1-3H3,(H,27,31)(H,28,33)(H,29,32);1H. The molecule has 4 amide bonds. The van der Waals surface area contributed by atoms with Crippen molar-refractivity contribution in [3.05, 3.63) is 52.6 Å². The van der Waals surface area contributed by atoms with E-state index in [0.717, 1.165) is 41.0 Å². The number of nitrogen functional groups attached to an aromatic ring is 1. The van der Waals surface area contributed by atoms with E-state index in [1.54, 1.807) is 19.2 Å². The van der Waals surface area contributed by atoms with Crippen LogP contribution < -0.4 is 26.6 Å². The number of rotatable bonds is 5. The normalized spacial score (nSPS) is 19.1. The lowest BCUT2D eigenvalue weighted by atomic mass is 9.84. The van der Waals surface area contributed by atoms with Gasteiger partial charge in [-0.2, -0.15) is 0 Å². The number of urea groups is 1. The van der Waals surface area contributed by atoms with Crippen LogP contribution in [0.15, 0.2) is 30.3 Å². The second-order valence-electron chi connectivity index (χ2n) is 9.03. The van der Waals surface area contributed by atoms with Gasteiger partial charge in [-0.3, -0.25) is 15.0 Å². The predicted molar refractivity (Wildman–Crippen MR) is 137 cm³/mol. The zero-order chi connectivity index (χ0) is 24.4. The van der Waals surface area contributed by atoms with Crippen LogP contribution in [0.1, 0.15) is 52.7 Å². The number of nitrogens with two attached hydrogens (primary N) is 1. The molecule has 1 aliphatic heterocycles. The number of fused-ring (bicyclic) bond motifs is 1. The molecule has 0 spiro atoms. The molecule has 0 aromatic heterocycles. The lowest BCUT2D eigenvalue weighted by Gasteiger charge is -2.39. The minimum atomic E-state index is -0.400. The minimum Gasteiger partial charge on any atom is -0.496 e. The van der Waals surface area contributed by atoms with Gasteiger partial charge in [0, 0.05) is 35.0 Å². The number of benzene rings is 2. The average Bonchev–Trinajstić information content (AvgIpc) is 2.84. The molecule has 2 aromatic rings. The summed E-state index contributed by atoms with van der Waals surface area (Å²) in [4.78, 5) is 39.4. The summed E-state index contributed by atoms with van der Waals surface area (Å²) in [6.45, 7) is 4.35. The third-order valence-corrected chi connectivity index (χ3v) is 6.88. The Bertz CT molecular complexity index is 1130. The highest BCUT2D eigenvalue weighted by molar-refractivity contribution is 5.99. The van der Waals surface area contributed by atoms with Gasteiger partial charge in [-0.25, -0.2) is 10.6 Å². The molecule has 0 bridgehead atoms. The van der Waals surface area contributed by atoms with Crippen molar-refractivity contribution in [2.45, 2.75) is 52.1 Å². The van der Waals surface area contributed by atoms with Crippen LogP contribution in [0.5, 0.6) is 5.75 Å². The van der Waals surface area contributed by atoms with E-state index in [4.69, 9.17) is 10.6 Å². The Balaban J connectivity index is 0.00000342. The SMILES string of the molecule is COc1cc(NC(=O)C2CCC(N3Cc4c(C)cc(C(=O)NN)cc4NC3=O)CC2)ccc1C.Cl. The van der Waals surface area contributed by atoms with Crippen molar-refractivity contribution in [3.8, 4) is 5.75 Å². The summed E-state index contributed by atoms with van der Waals surface area (Å²) in [5, 5.41) is 5.93. The molecule has 188 valence electrons. The molecule has 1 saturated carbocycles. The molecule has 1 aliphatic carbocycles. The van der Waals surface area contributed by atoms with Gasteiger partial charge in [0.15, 0.2) is 0 Å². The minimum absolute atomic E-state index is 0. The zero-order valence-corrected chi connectivity index (χ0v) is 21.0. The Morgan fingerprint density at radius 3 is 2.46 bits per heavy atom. The highest BCUT2D eigenvalue weighted by atomic mass is 35.5. The van der Waals surface area contributed by atoms with Crippen LogP contribution in [0.4, 0.5) is 16.2 Å². The molecule has 4 rings (SSSR count). The van der Waals surface area contributed by atoms with Gasteiger partial charge in [0.1, 0.15) is 5.75 Å². The van der Waals surface area contributed by atoms with Gasteiger partial charge in [0.2, 0.25) is 5.91 Å². The highest BCUT2D eigenvalue weighted by Crippen LogP contribution is 2.34. The number of ether oxygens (including phenoxy) is 1. The van der Waals surface area contributed by atoms with E-state index < -0.39 is 5.91 Å². The molecule has 2 aliphatic rings. The second-order valence-corrected chi connectivity index (χ2v) is 9.03. The summed E-state index contributed by atoms with van der Waals surface area (Å²) in [5.41, 5.74) is 6.81. The molecule has 9 nitrogen and oxygen atoms in total. The molecule has 0 saturated heterocycles. The van der Waals surface area contributed by atoms with Crippen molar-refractivity contribution in [1.29, 1.82) is 0 Å². The summed E-state index contributed by atoms with van der Waals surface area (Å²) in [6.07, 6.45) is 2.94. The van der Waals surface area contributed by atoms with Crippen LogP contribution in [0.3, 0.4) is 0 Å². The van der Waals surface area contributed by atoms with Crippen molar-refractivity contribution in [3.63, 3.8) is 0 Å². The summed E-state index contributed by atoms with van der Waals surface area (Å²) in [5.74, 6) is 5.49. The van der Waals surface area contributed by atoms with Crippen LogP contribution in [0, 0.1) is 19.8 Å². The quantitative estimate of drug-likeness (QED) is 0.281. The summed E-state index contributed by atoms with van der Waals surface area (Å²) in [7, 11) is 1.61. The fraction of sp³-hybridized carbons (Fsp3) is 0.400. The van der Waals surface area contributed by atoms with Gasteiger partial charge in [-0.1, -0.05) is 6.07 Å². The summed E-state index contributed by atoms with van der Waals surface area (Å²) < 4.78 is 5.34. The number of carbonyl (C=O) groups excluding carboxylic acids is 3. The molecule has 1 heterocycles. The third kappa shape index (κ3) is 5.52. The number of nitrogens with one attached hydrogen (secondary N) is 3. The van der Waals surface area contributed by atoms with Crippen LogP contribution in [0.2, 0.25) is 0 Å². The largest absolute Gasteiger partial charge is 0.496 e. The molecule has 0 atom stereocenters. The average molecular weight is 502 g/mol.